The summed E-state index contributed by atoms with van der Waals surface area (Å²) in [5.74, 6) is -1.06. The maximum absolute atomic E-state index is 6.86. The summed E-state index contributed by atoms with van der Waals surface area (Å²) in [4.78, 5) is 0. The molecule has 7 heteroatoms. The van der Waals surface area contributed by atoms with Gasteiger partial charge in [0.05, 0.1) is 10.7 Å². The Hall–Kier alpha value is -0.0365. The monoisotopic (exact) mass is 672 g/mol. The van der Waals surface area contributed by atoms with Crippen molar-refractivity contribution in [3.63, 3.8) is 0 Å². The fourth-order valence-electron chi connectivity index (χ4n) is 8.86. The van der Waals surface area contributed by atoms with Gasteiger partial charge >= 0.3 is 24.8 Å². The molecule has 235 valence electrons. The minimum atomic E-state index is -0.632. The summed E-state index contributed by atoms with van der Waals surface area (Å²) in [5.41, 5.74) is 3.02. The normalized spacial score (nSPS) is 36.2. The first kappa shape index (κ1) is 33.3. The molecule has 2 aliphatic carbocycles. The van der Waals surface area contributed by atoms with E-state index in [9.17, 15) is 0 Å². The van der Waals surface area contributed by atoms with Gasteiger partial charge in [-0.15, -0.1) is 0 Å². The van der Waals surface area contributed by atoms with Gasteiger partial charge in [0.1, 0.15) is 0 Å². The van der Waals surface area contributed by atoms with E-state index in [0.29, 0.717) is 0 Å². The number of ether oxygens (including phenoxy) is 3. The molecule has 3 nitrogen and oxygen atoms in total. The number of benzene rings is 2. The van der Waals surface area contributed by atoms with E-state index < -0.39 is 19.5 Å². The van der Waals surface area contributed by atoms with Crippen LogP contribution in [0, 0.1) is 13.0 Å². The van der Waals surface area contributed by atoms with Crippen LogP contribution >= 0.6 is 26.0 Å². The number of aryl methyl sites for hydroxylation is 1. The van der Waals surface area contributed by atoms with Crippen molar-refractivity contribution >= 4 is 36.6 Å². The van der Waals surface area contributed by atoms with E-state index in [1.165, 1.54) is 69.8 Å². The summed E-state index contributed by atoms with van der Waals surface area (Å²) in [6, 6.07) is 20.6. The van der Waals surface area contributed by atoms with Crippen molar-refractivity contribution in [2.45, 2.75) is 145 Å². The Morgan fingerprint density at radius 3 is 1.69 bits per heavy atom. The third-order valence-corrected chi connectivity index (χ3v) is 16.7. The predicted octanol–water partition coefficient (Wildman–Crippen LogP) is 9.78. The molecule has 2 aromatic carbocycles. The zero-order valence-corrected chi connectivity index (χ0v) is 29.6. The van der Waals surface area contributed by atoms with Gasteiger partial charge in [-0.3, -0.25) is 0 Å². The van der Waals surface area contributed by atoms with Crippen molar-refractivity contribution in [1.29, 1.82) is 0 Å². The van der Waals surface area contributed by atoms with Gasteiger partial charge < -0.3 is 14.2 Å². The zero-order chi connectivity index (χ0) is 30.0. The molecule has 0 spiro atoms. The van der Waals surface area contributed by atoms with Gasteiger partial charge in [-0.05, 0) is 83.2 Å². The Kier molecular flexibility index (Phi) is 10.9. The molecule has 8 rings (SSSR count). The first-order valence-electron chi connectivity index (χ1n) is 16.0. The van der Waals surface area contributed by atoms with Crippen LogP contribution in [0.25, 0.3) is 0 Å². The fourth-order valence-corrected chi connectivity index (χ4v) is 17.3. The van der Waals surface area contributed by atoms with Crippen molar-refractivity contribution in [2.75, 3.05) is 0 Å². The number of halogens is 1. The van der Waals surface area contributed by atoms with E-state index in [4.69, 9.17) is 14.2 Å². The minimum absolute atomic E-state index is 0.153. The number of hydrogen-bond acceptors (Lipinski definition) is 3. The molecule has 6 fully saturated rings. The zero-order valence-electron chi connectivity index (χ0n) is 26.1. The van der Waals surface area contributed by atoms with Crippen LogP contribution in [0.4, 0.5) is 0 Å². The molecule has 0 N–H and O–H groups in total. The summed E-state index contributed by atoms with van der Waals surface area (Å²) in [5, 5.41) is 2.93. The molecule has 4 unspecified atom stereocenters. The standard InChI is InChI=1S/C28H42O3P2.C7H7.ClH.Ni/c1-25-19-27(3)31-26(2,29-25)20-28(4,30-25)33(27)24-18-12-11-17-23(24)32(21-13-7-5-8-14-21)22-15-9-6-10-16-22;1-7-5-3-2-4-6-7;;/h11-12,17-18,21-22H,5-10,13-16,19-20H2,1-4H3;2-5H,1H3;1H;/q;-1;;+1/p-1. The summed E-state index contributed by atoms with van der Waals surface area (Å²) in [6.07, 6.45) is 16.0. The van der Waals surface area contributed by atoms with E-state index in [-0.39, 0.29) is 18.6 Å². The molecule has 0 aromatic heterocycles. The molecular formula is C35H49ClNiO3P2-. The summed E-state index contributed by atoms with van der Waals surface area (Å²) in [6.45, 7) is 11.0. The van der Waals surface area contributed by atoms with Crippen molar-refractivity contribution < 1.29 is 28.8 Å². The van der Waals surface area contributed by atoms with Gasteiger partial charge in [0.25, 0.3) is 0 Å². The van der Waals surface area contributed by atoms with Crippen LogP contribution < -0.4 is 10.6 Å². The molecule has 2 aromatic rings. The summed E-state index contributed by atoms with van der Waals surface area (Å²) in [7, 11) is 3.48. The second-order valence-corrected chi connectivity index (χ2v) is 19.4. The SMILES string of the molecule is CC12CC3(C)OC(C)(CC(C)(O1)P3c1ccccc1P(C1CCCCC1)C1CCCCC1)O2.Cc1[c-]cccc1.[Cl][Ni]. The quantitative estimate of drug-likeness (QED) is 0.184. The third-order valence-electron chi connectivity index (χ3n) is 9.75. The van der Waals surface area contributed by atoms with Crippen LogP contribution in [0.2, 0.25) is 0 Å². The van der Waals surface area contributed by atoms with Crippen molar-refractivity contribution in [3.8, 4) is 0 Å². The van der Waals surface area contributed by atoms with E-state index in [1.807, 2.05) is 31.2 Å². The molecule has 6 aliphatic rings. The van der Waals surface area contributed by atoms with Crippen LogP contribution in [-0.2, 0) is 28.8 Å². The van der Waals surface area contributed by atoms with Crippen LogP contribution in [0.15, 0.2) is 48.5 Å². The molecular weight excluding hydrogens is 624 g/mol. The number of rotatable bonds is 4. The van der Waals surface area contributed by atoms with Crippen LogP contribution in [0.3, 0.4) is 0 Å². The molecule has 0 amide bonds. The van der Waals surface area contributed by atoms with E-state index >= 15 is 0 Å². The Morgan fingerprint density at radius 2 is 1.24 bits per heavy atom. The molecule has 4 saturated heterocycles. The van der Waals surface area contributed by atoms with E-state index in [2.05, 4.69) is 82.8 Å². The molecule has 4 heterocycles. The van der Waals surface area contributed by atoms with Gasteiger partial charge in [0, 0.05) is 12.8 Å². The molecule has 4 bridgehead atoms. The summed E-state index contributed by atoms with van der Waals surface area (Å²) < 4.78 is 20.1. The Labute approximate surface area is 269 Å². The van der Waals surface area contributed by atoms with Gasteiger partial charge in [-0.25, -0.2) is 0 Å². The second kappa shape index (κ2) is 13.8. The predicted molar refractivity (Wildman–Crippen MR) is 175 cm³/mol. The molecule has 42 heavy (non-hydrogen) atoms. The van der Waals surface area contributed by atoms with Gasteiger partial charge in [0.15, 0.2) is 11.6 Å². The Balaban J connectivity index is 0.000000341. The molecule has 0 radical (unpaired) electrons. The number of hydrogen-bond donors (Lipinski definition) is 0. The van der Waals surface area contributed by atoms with Gasteiger partial charge in [-0.1, -0.05) is 77.6 Å². The van der Waals surface area contributed by atoms with Gasteiger partial charge in [-0.2, -0.15) is 35.9 Å². The second-order valence-electron chi connectivity index (χ2n) is 13.6. The van der Waals surface area contributed by atoms with E-state index in [1.54, 1.807) is 10.6 Å². The van der Waals surface area contributed by atoms with Crippen LogP contribution in [0.5, 0.6) is 0 Å². The van der Waals surface area contributed by atoms with Crippen molar-refractivity contribution in [3.05, 3.63) is 60.2 Å². The van der Waals surface area contributed by atoms with E-state index in [0.717, 1.165) is 24.2 Å². The molecule has 4 aliphatic heterocycles. The molecule has 4 atom stereocenters. The first-order valence-corrected chi connectivity index (χ1v) is 20.1. The average Bonchev–Trinajstić information content (AvgIpc) is 2.94. The van der Waals surface area contributed by atoms with Crippen LogP contribution in [-0.4, -0.2) is 33.6 Å². The topological polar surface area (TPSA) is 27.7 Å². The molecule has 2 saturated carbocycles. The summed E-state index contributed by atoms with van der Waals surface area (Å²) >= 11 is 3.35. The Morgan fingerprint density at radius 1 is 0.738 bits per heavy atom. The van der Waals surface area contributed by atoms with Gasteiger partial charge in [0.2, 0.25) is 0 Å². The fraction of sp³-hybridized carbons (Fsp3) is 0.657. The average molecular weight is 674 g/mol. The first-order chi connectivity index (χ1) is 20.1. The van der Waals surface area contributed by atoms with Crippen molar-refractivity contribution in [1.82, 2.24) is 0 Å². The van der Waals surface area contributed by atoms with Crippen LogP contribution in [0.1, 0.15) is 110 Å². The third kappa shape index (κ3) is 7.02. The van der Waals surface area contributed by atoms with Crippen molar-refractivity contribution in [2.24, 2.45) is 0 Å². The maximum atomic E-state index is 6.86. The Bertz CT molecular complexity index is 1110.